The molecule has 0 fully saturated rings. The van der Waals surface area contributed by atoms with Crippen LogP contribution in [0.25, 0.3) is 0 Å². The summed E-state index contributed by atoms with van der Waals surface area (Å²) in [5, 5.41) is 10.6. The SMILES string of the molecule is Cc1nnc(SCC(=O)Nc2cccc(Br)c2)[nH]c1=O. The predicted molar refractivity (Wildman–Crippen MR) is 80.9 cm³/mol. The molecule has 20 heavy (non-hydrogen) atoms. The molecule has 1 heterocycles. The Morgan fingerprint density at radius 3 is 2.95 bits per heavy atom. The maximum atomic E-state index is 11.8. The van der Waals surface area contributed by atoms with E-state index in [9.17, 15) is 9.59 Å². The molecule has 8 heteroatoms. The minimum atomic E-state index is -0.296. The molecule has 1 aromatic carbocycles. The lowest BCUT2D eigenvalue weighted by molar-refractivity contribution is -0.113. The van der Waals surface area contributed by atoms with Gasteiger partial charge in [-0.05, 0) is 25.1 Å². The van der Waals surface area contributed by atoms with Crippen molar-refractivity contribution >= 4 is 39.3 Å². The van der Waals surface area contributed by atoms with E-state index in [2.05, 4.69) is 36.4 Å². The van der Waals surface area contributed by atoms with Crippen LogP contribution in [0.5, 0.6) is 0 Å². The van der Waals surface area contributed by atoms with Crippen LogP contribution < -0.4 is 10.9 Å². The molecule has 6 nitrogen and oxygen atoms in total. The smallest absolute Gasteiger partial charge is 0.273 e. The molecule has 0 aliphatic heterocycles. The number of anilines is 1. The Kier molecular flexibility index (Phi) is 4.91. The first-order valence-corrected chi connectivity index (χ1v) is 7.44. The fourth-order valence-corrected chi connectivity index (χ4v) is 2.34. The number of H-pyrrole nitrogens is 1. The molecule has 0 saturated carbocycles. The summed E-state index contributed by atoms with van der Waals surface area (Å²) in [7, 11) is 0. The van der Waals surface area contributed by atoms with Gasteiger partial charge < -0.3 is 5.32 Å². The van der Waals surface area contributed by atoms with E-state index < -0.39 is 0 Å². The van der Waals surface area contributed by atoms with Crippen molar-refractivity contribution in [3.8, 4) is 0 Å². The van der Waals surface area contributed by atoms with Gasteiger partial charge in [0.05, 0.1) is 5.75 Å². The molecule has 1 aromatic heterocycles. The summed E-state index contributed by atoms with van der Waals surface area (Å²) in [5.41, 5.74) is 0.705. The molecule has 0 unspecified atom stereocenters. The van der Waals surface area contributed by atoms with E-state index in [4.69, 9.17) is 0 Å². The highest BCUT2D eigenvalue weighted by atomic mass is 79.9. The summed E-state index contributed by atoms with van der Waals surface area (Å²) in [6.45, 7) is 1.57. The van der Waals surface area contributed by atoms with Crippen molar-refractivity contribution in [2.75, 3.05) is 11.1 Å². The number of benzene rings is 1. The Morgan fingerprint density at radius 1 is 1.45 bits per heavy atom. The Labute approximate surface area is 127 Å². The molecule has 0 saturated heterocycles. The van der Waals surface area contributed by atoms with E-state index >= 15 is 0 Å². The van der Waals surface area contributed by atoms with Crippen LogP contribution in [0.1, 0.15) is 5.69 Å². The number of nitrogens with one attached hydrogen (secondary N) is 2. The fourth-order valence-electron chi connectivity index (χ4n) is 1.34. The average Bonchev–Trinajstić information content (AvgIpc) is 2.40. The average molecular weight is 355 g/mol. The number of aryl methyl sites for hydroxylation is 1. The molecular weight excluding hydrogens is 344 g/mol. The number of amides is 1. The van der Waals surface area contributed by atoms with Crippen molar-refractivity contribution in [2.24, 2.45) is 0 Å². The number of nitrogens with zero attached hydrogens (tertiary/aromatic N) is 2. The van der Waals surface area contributed by atoms with Crippen LogP contribution in [0.15, 0.2) is 38.7 Å². The molecule has 0 bridgehead atoms. The Hall–Kier alpha value is -1.67. The molecule has 1 amide bonds. The molecule has 0 aliphatic carbocycles. The van der Waals surface area contributed by atoms with Crippen molar-refractivity contribution in [1.82, 2.24) is 15.2 Å². The standard InChI is InChI=1S/C12H11BrN4O2S/c1-7-11(19)15-12(17-16-7)20-6-10(18)14-9-4-2-3-8(13)5-9/h2-5H,6H2,1H3,(H,14,18)(H,15,17,19). The lowest BCUT2D eigenvalue weighted by Gasteiger charge is -2.05. The summed E-state index contributed by atoms with van der Waals surface area (Å²) in [6, 6.07) is 7.30. The molecule has 0 radical (unpaired) electrons. The highest BCUT2D eigenvalue weighted by Gasteiger charge is 2.06. The molecule has 2 aromatic rings. The summed E-state index contributed by atoms with van der Waals surface area (Å²) in [6.07, 6.45) is 0. The first kappa shape index (κ1) is 14.7. The van der Waals surface area contributed by atoms with Crippen molar-refractivity contribution < 1.29 is 4.79 Å². The molecule has 104 valence electrons. The Balaban J connectivity index is 1.92. The number of carbonyl (C=O) groups excluding carboxylic acids is 1. The van der Waals surface area contributed by atoms with Gasteiger partial charge in [0.2, 0.25) is 5.91 Å². The summed E-state index contributed by atoms with van der Waals surface area (Å²) in [4.78, 5) is 25.6. The number of aromatic nitrogens is 3. The van der Waals surface area contributed by atoms with Gasteiger partial charge in [-0.25, -0.2) is 0 Å². The van der Waals surface area contributed by atoms with E-state index in [-0.39, 0.29) is 17.2 Å². The van der Waals surface area contributed by atoms with E-state index in [1.54, 1.807) is 19.1 Å². The second kappa shape index (κ2) is 6.67. The van der Waals surface area contributed by atoms with Crippen molar-refractivity contribution in [1.29, 1.82) is 0 Å². The van der Waals surface area contributed by atoms with Crippen LogP contribution in [0.4, 0.5) is 5.69 Å². The first-order valence-electron chi connectivity index (χ1n) is 5.66. The van der Waals surface area contributed by atoms with Gasteiger partial charge in [0, 0.05) is 10.2 Å². The molecule has 0 atom stereocenters. The zero-order valence-electron chi connectivity index (χ0n) is 10.5. The van der Waals surface area contributed by atoms with E-state index in [0.717, 1.165) is 16.2 Å². The van der Waals surface area contributed by atoms with Gasteiger partial charge in [0.1, 0.15) is 5.69 Å². The number of hydrogen-bond donors (Lipinski definition) is 2. The summed E-state index contributed by atoms with van der Waals surface area (Å²) in [5.74, 6) is -0.0449. The number of rotatable bonds is 4. The lowest BCUT2D eigenvalue weighted by Crippen LogP contribution is -2.17. The number of aromatic amines is 1. The van der Waals surface area contributed by atoms with E-state index in [1.165, 1.54) is 0 Å². The maximum absolute atomic E-state index is 11.8. The van der Waals surface area contributed by atoms with Crippen LogP contribution in [-0.2, 0) is 4.79 Å². The van der Waals surface area contributed by atoms with Crippen molar-refractivity contribution in [3.05, 3.63) is 44.8 Å². The van der Waals surface area contributed by atoms with Crippen LogP contribution in [0.2, 0.25) is 0 Å². The third-order valence-electron chi connectivity index (χ3n) is 2.29. The van der Waals surface area contributed by atoms with E-state index in [1.807, 2.05) is 12.1 Å². The third-order valence-corrected chi connectivity index (χ3v) is 3.65. The number of thioether (sulfide) groups is 1. The first-order chi connectivity index (χ1) is 9.54. The minimum absolute atomic E-state index is 0.139. The van der Waals surface area contributed by atoms with Gasteiger partial charge in [-0.3, -0.25) is 14.6 Å². The highest BCUT2D eigenvalue weighted by molar-refractivity contribution is 9.10. The van der Waals surface area contributed by atoms with Gasteiger partial charge in [-0.1, -0.05) is 33.8 Å². The van der Waals surface area contributed by atoms with Crippen LogP contribution in [-0.4, -0.2) is 26.8 Å². The minimum Gasteiger partial charge on any atom is -0.325 e. The third kappa shape index (κ3) is 4.17. The normalized spacial score (nSPS) is 10.3. The van der Waals surface area contributed by atoms with Crippen LogP contribution in [0.3, 0.4) is 0 Å². The molecule has 0 aliphatic rings. The highest BCUT2D eigenvalue weighted by Crippen LogP contribution is 2.16. The van der Waals surface area contributed by atoms with Gasteiger partial charge in [-0.2, -0.15) is 0 Å². The van der Waals surface area contributed by atoms with Crippen molar-refractivity contribution in [2.45, 2.75) is 12.1 Å². The largest absolute Gasteiger partial charge is 0.325 e. The zero-order valence-corrected chi connectivity index (χ0v) is 12.9. The van der Waals surface area contributed by atoms with Gasteiger partial charge >= 0.3 is 0 Å². The Bertz CT molecular complexity index is 689. The number of hydrogen-bond acceptors (Lipinski definition) is 5. The zero-order chi connectivity index (χ0) is 14.5. The topological polar surface area (TPSA) is 87.7 Å². The fraction of sp³-hybridized carbons (Fsp3) is 0.167. The molecule has 2 N–H and O–H groups in total. The Morgan fingerprint density at radius 2 is 2.25 bits per heavy atom. The van der Waals surface area contributed by atoms with Crippen LogP contribution in [0, 0.1) is 6.92 Å². The van der Waals surface area contributed by atoms with Crippen LogP contribution >= 0.6 is 27.7 Å². The molecule has 2 rings (SSSR count). The maximum Gasteiger partial charge on any atom is 0.273 e. The van der Waals surface area contributed by atoms with Crippen molar-refractivity contribution in [3.63, 3.8) is 0 Å². The lowest BCUT2D eigenvalue weighted by atomic mass is 10.3. The second-order valence-electron chi connectivity index (χ2n) is 3.89. The van der Waals surface area contributed by atoms with Gasteiger partial charge in [0.25, 0.3) is 5.56 Å². The number of carbonyl (C=O) groups is 1. The number of halogens is 1. The summed E-state index contributed by atoms with van der Waals surface area (Å²) >= 11 is 4.45. The summed E-state index contributed by atoms with van der Waals surface area (Å²) < 4.78 is 0.886. The van der Waals surface area contributed by atoms with Gasteiger partial charge in [0.15, 0.2) is 5.16 Å². The van der Waals surface area contributed by atoms with Gasteiger partial charge in [-0.15, -0.1) is 10.2 Å². The molecule has 0 spiro atoms. The van der Waals surface area contributed by atoms with E-state index in [0.29, 0.717) is 16.5 Å². The monoisotopic (exact) mass is 354 g/mol. The molecular formula is C12H11BrN4O2S. The second-order valence-corrected chi connectivity index (χ2v) is 5.77. The predicted octanol–water partition coefficient (Wildman–Crippen LogP) is 1.97. The quantitative estimate of drug-likeness (QED) is 0.819.